The summed E-state index contributed by atoms with van der Waals surface area (Å²) in [5.41, 5.74) is 1.78. The number of hydrogen-bond acceptors (Lipinski definition) is 7. The molecule has 0 aliphatic carbocycles. The normalized spacial score (nSPS) is 14.6. The lowest BCUT2D eigenvalue weighted by Gasteiger charge is -2.22. The van der Waals surface area contributed by atoms with Crippen LogP contribution in [0.4, 0.5) is 14.6 Å². The molecule has 5 aromatic rings. The molecule has 0 radical (unpaired) electrons. The summed E-state index contributed by atoms with van der Waals surface area (Å²) in [5.74, 6) is -0.792. The number of aromatic nitrogens is 3. The lowest BCUT2D eigenvalue weighted by molar-refractivity contribution is 0.283. The number of sulfone groups is 1. The Bertz CT molecular complexity index is 2010. The van der Waals surface area contributed by atoms with Gasteiger partial charge in [-0.2, -0.15) is 0 Å². The number of H-pyrrole nitrogens is 1. The fraction of sp³-hybridized carbons (Fsp3) is 0.250. The number of pyridine rings is 2. The molecule has 4 heterocycles. The van der Waals surface area contributed by atoms with Gasteiger partial charge in [0.25, 0.3) is 5.56 Å². The molecule has 0 atom stereocenters. The lowest BCUT2D eigenvalue weighted by Crippen LogP contribution is -2.31. The summed E-state index contributed by atoms with van der Waals surface area (Å²) in [6.07, 6.45) is 5.43. The molecule has 1 saturated heterocycles. The molecule has 0 bridgehead atoms. The van der Waals surface area contributed by atoms with Crippen molar-refractivity contribution in [2.45, 2.75) is 17.9 Å². The topological polar surface area (TPSA) is 101 Å². The van der Waals surface area contributed by atoms with Crippen molar-refractivity contribution in [3.05, 3.63) is 101 Å². The van der Waals surface area contributed by atoms with Gasteiger partial charge in [-0.25, -0.2) is 22.2 Å². The minimum absolute atomic E-state index is 0.0271. The Morgan fingerprint density at radius 1 is 0.955 bits per heavy atom. The molecule has 1 aliphatic rings. The second-order valence-corrected chi connectivity index (χ2v) is 13.0. The maximum Gasteiger partial charge on any atom is 0.274 e. The summed E-state index contributed by atoms with van der Waals surface area (Å²) in [7, 11) is -2.02. The van der Waals surface area contributed by atoms with Crippen LogP contribution >= 0.6 is 0 Å². The van der Waals surface area contributed by atoms with E-state index in [-0.39, 0.29) is 22.0 Å². The molecule has 0 spiro atoms. The van der Waals surface area contributed by atoms with Gasteiger partial charge < -0.3 is 19.2 Å². The van der Waals surface area contributed by atoms with Crippen molar-refractivity contribution >= 4 is 26.6 Å². The van der Waals surface area contributed by atoms with Crippen LogP contribution in [0.5, 0.6) is 11.5 Å². The van der Waals surface area contributed by atoms with Crippen LogP contribution in [0.3, 0.4) is 0 Å². The van der Waals surface area contributed by atoms with E-state index in [0.717, 1.165) is 56.4 Å². The number of anilines is 1. The van der Waals surface area contributed by atoms with E-state index in [4.69, 9.17) is 4.74 Å². The zero-order valence-corrected chi connectivity index (χ0v) is 25.1. The van der Waals surface area contributed by atoms with Crippen LogP contribution in [-0.4, -0.2) is 60.3 Å². The smallest absolute Gasteiger partial charge is 0.274 e. The standard InChI is InChI=1S/C32H31F2N5O4S/c1-37-20-26(24-18-23(44(2,41)42)8-10-28(24)43-29-9-7-21(33)16-27(29)34)25-17-22(36-31(25)32(37)40)19-38-12-5-13-39(15-14-38)30-6-3-4-11-35-30/h3-4,6-11,16-18,20,36H,5,12-15,19H2,1-2H3. The van der Waals surface area contributed by atoms with Crippen LogP contribution in [0.2, 0.25) is 0 Å². The van der Waals surface area contributed by atoms with E-state index in [1.54, 1.807) is 19.4 Å². The quantitative estimate of drug-likeness (QED) is 0.270. The summed E-state index contributed by atoms with van der Waals surface area (Å²) in [6.45, 7) is 3.93. The number of benzene rings is 2. The van der Waals surface area contributed by atoms with Crippen LogP contribution in [0.25, 0.3) is 22.0 Å². The minimum Gasteiger partial charge on any atom is -0.454 e. The average Bonchev–Trinajstić information content (AvgIpc) is 3.27. The molecule has 1 N–H and O–H groups in total. The van der Waals surface area contributed by atoms with Crippen LogP contribution in [0.15, 0.2) is 82.7 Å². The molecule has 44 heavy (non-hydrogen) atoms. The van der Waals surface area contributed by atoms with Gasteiger partial charge in [-0.1, -0.05) is 6.07 Å². The molecule has 1 aliphatic heterocycles. The number of ether oxygens (including phenoxy) is 1. The maximum absolute atomic E-state index is 14.6. The maximum atomic E-state index is 14.6. The molecule has 0 unspecified atom stereocenters. The summed E-state index contributed by atoms with van der Waals surface area (Å²) in [6, 6.07) is 15.0. The van der Waals surface area contributed by atoms with Gasteiger partial charge in [-0.05, 0) is 55.0 Å². The predicted molar refractivity (Wildman–Crippen MR) is 165 cm³/mol. The molecule has 228 valence electrons. The van der Waals surface area contributed by atoms with E-state index in [1.807, 2.05) is 24.3 Å². The molecule has 1 fully saturated rings. The highest BCUT2D eigenvalue weighted by molar-refractivity contribution is 7.90. The highest BCUT2D eigenvalue weighted by Gasteiger charge is 2.22. The molecule has 3 aromatic heterocycles. The first-order chi connectivity index (χ1) is 21.1. The summed E-state index contributed by atoms with van der Waals surface area (Å²) in [5, 5.41) is 0.572. The Labute approximate surface area is 253 Å². The molecule has 9 nitrogen and oxygen atoms in total. The van der Waals surface area contributed by atoms with E-state index in [0.29, 0.717) is 34.6 Å². The van der Waals surface area contributed by atoms with Gasteiger partial charge in [-0.3, -0.25) is 9.69 Å². The van der Waals surface area contributed by atoms with Crippen LogP contribution < -0.4 is 15.2 Å². The van der Waals surface area contributed by atoms with E-state index in [9.17, 15) is 22.0 Å². The number of rotatable bonds is 7. The molecule has 0 amide bonds. The zero-order valence-electron chi connectivity index (χ0n) is 24.3. The first-order valence-corrected chi connectivity index (χ1v) is 16.0. The molecule has 6 rings (SSSR count). The van der Waals surface area contributed by atoms with Crippen molar-refractivity contribution in [3.63, 3.8) is 0 Å². The lowest BCUT2D eigenvalue weighted by atomic mass is 10.0. The first-order valence-electron chi connectivity index (χ1n) is 14.1. The first kappa shape index (κ1) is 29.5. The fourth-order valence-electron chi connectivity index (χ4n) is 5.54. The van der Waals surface area contributed by atoms with Crippen LogP contribution in [-0.2, 0) is 23.4 Å². The number of hydrogen-bond donors (Lipinski definition) is 1. The highest BCUT2D eigenvalue weighted by atomic mass is 32.2. The van der Waals surface area contributed by atoms with Gasteiger partial charge in [-0.15, -0.1) is 0 Å². The van der Waals surface area contributed by atoms with Gasteiger partial charge >= 0.3 is 0 Å². The van der Waals surface area contributed by atoms with Crippen molar-refractivity contribution in [2.24, 2.45) is 7.05 Å². The Hall–Kier alpha value is -4.55. The summed E-state index contributed by atoms with van der Waals surface area (Å²) in [4.78, 5) is 25.6. The minimum atomic E-state index is -3.62. The number of nitrogens with zero attached hydrogens (tertiary/aromatic N) is 4. The van der Waals surface area contributed by atoms with E-state index >= 15 is 0 Å². The Morgan fingerprint density at radius 2 is 1.77 bits per heavy atom. The second kappa shape index (κ2) is 11.9. The molecule has 12 heteroatoms. The third kappa shape index (κ3) is 6.08. The van der Waals surface area contributed by atoms with Crippen LogP contribution in [0.1, 0.15) is 12.1 Å². The van der Waals surface area contributed by atoms with Crippen LogP contribution in [0, 0.1) is 11.6 Å². The van der Waals surface area contributed by atoms with Gasteiger partial charge in [0.15, 0.2) is 21.4 Å². The molecular formula is C32H31F2N5O4S. The van der Waals surface area contributed by atoms with Gasteiger partial charge in [0.1, 0.15) is 22.9 Å². The zero-order chi connectivity index (χ0) is 31.0. The van der Waals surface area contributed by atoms with Gasteiger partial charge in [0, 0.05) is 86.7 Å². The third-order valence-corrected chi connectivity index (χ3v) is 8.87. The Balaban J connectivity index is 1.38. The number of fused-ring (bicyclic) bond motifs is 1. The van der Waals surface area contributed by atoms with Crippen molar-refractivity contribution in [1.29, 1.82) is 0 Å². The number of aryl methyl sites for hydroxylation is 1. The van der Waals surface area contributed by atoms with E-state index in [2.05, 4.69) is 19.8 Å². The SMILES string of the molecule is Cn1cc(-c2cc(S(C)(=O)=O)ccc2Oc2ccc(F)cc2F)c2cc(CN3CCCN(c4ccccn4)CC3)[nH]c2c1=O. The second-order valence-electron chi connectivity index (χ2n) is 11.0. The van der Waals surface area contributed by atoms with Gasteiger partial charge in [0.05, 0.1) is 4.90 Å². The molecule has 0 saturated carbocycles. The highest BCUT2D eigenvalue weighted by Crippen LogP contribution is 2.39. The van der Waals surface area contributed by atoms with E-state index in [1.165, 1.54) is 28.8 Å². The van der Waals surface area contributed by atoms with Gasteiger partial charge in [0.2, 0.25) is 0 Å². The number of halogens is 2. The largest absolute Gasteiger partial charge is 0.454 e. The van der Waals surface area contributed by atoms with Crippen molar-refractivity contribution in [2.75, 3.05) is 37.3 Å². The number of nitrogens with one attached hydrogen (secondary N) is 1. The van der Waals surface area contributed by atoms with Crippen molar-refractivity contribution < 1.29 is 21.9 Å². The van der Waals surface area contributed by atoms with E-state index < -0.39 is 21.5 Å². The number of aromatic amines is 1. The monoisotopic (exact) mass is 619 g/mol. The van der Waals surface area contributed by atoms with Crippen molar-refractivity contribution in [1.82, 2.24) is 19.4 Å². The van der Waals surface area contributed by atoms with Crippen molar-refractivity contribution in [3.8, 4) is 22.6 Å². The fourth-order valence-corrected chi connectivity index (χ4v) is 6.19. The Morgan fingerprint density at radius 3 is 2.52 bits per heavy atom. The summed E-state index contributed by atoms with van der Waals surface area (Å²) >= 11 is 0. The Kier molecular flexibility index (Phi) is 7.95. The molecular weight excluding hydrogens is 588 g/mol. The molecule has 2 aromatic carbocycles. The summed E-state index contributed by atoms with van der Waals surface area (Å²) < 4.78 is 60.4. The third-order valence-electron chi connectivity index (χ3n) is 7.76. The predicted octanol–water partition coefficient (Wildman–Crippen LogP) is 5.11. The average molecular weight is 620 g/mol.